The van der Waals surface area contributed by atoms with Crippen LogP contribution in [0.4, 0.5) is 10.1 Å². The molecule has 1 aromatic rings. The molecular weight excluding hydrogens is 251 g/mol. The zero-order valence-corrected chi connectivity index (χ0v) is 13.1. The number of anilines is 1. The van der Waals surface area contributed by atoms with Crippen LogP contribution >= 0.6 is 0 Å². The van der Waals surface area contributed by atoms with Crippen molar-refractivity contribution in [3.05, 3.63) is 29.6 Å². The van der Waals surface area contributed by atoms with Crippen LogP contribution in [0.25, 0.3) is 0 Å². The van der Waals surface area contributed by atoms with Gasteiger partial charge in [0.05, 0.1) is 5.69 Å². The van der Waals surface area contributed by atoms with E-state index < -0.39 is 0 Å². The van der Waals surface area contributed by atoms with Crippen molar-refractivity contribution in [1.29, 1.82) is 0 Å². The molecule has 0 spiro atoms. The van der Waals surface area contributed by atoms with Gasteiger partial charge in [-0.2, -0.15) is 0 Å². The van der Waals surface area contributed by atoms with Crippen LogP contribution in [-0.2, 0) is 0 Å². The predicted octanol–water partition coefficient (Wildman–Crippen LogP) is 4.12. The molecule has 112 valence electrons. The third-order valence-corrected chi connectivity index (χ3v) is 4.05. The lowest BCUT2D eigenvalue weighted by atomic mass is 9.99. The summed E-state index contributed by atoms with van der Waals surface area (Å²) < 4.78 is 14.4. The van der Waals surface area contributed by atoms with Crippen LogP contribution < -0.4 is 10.2 Å². The van der Waals surface area contributed by atoms with Crippen molar-refractivity contribution >= 4 is 5.69 Å². The number of piperidine rings is 1. The molecule has 0 aromatic heterocycles. The summed E-state index contributed by atoms with van der Waals surface area (Å²) in [5.74, 6) is 0.568. The molecule has 0 radical (unpaired) electrons. The molecule has 20 heavy (non-hydrogen) atoms. The van der Waals surface area contributed by atoms with Crippen LogP contribution in [0.2, 0.25) is 0 Å². The van der Waals surface area contributed by atoms with Crippen molar-refractivity contribution < 1.29 is 4.39 Å². The smallest absolute Gasteiger partial charge is 0.146 e. The maximum atomic E-state index is 14.4. The van der Waals surface area contributed by atoms with E-state index in [-0.39, 0.29) is 11.9 Å². The molecule has 0 bridgehead atoms. The van der Waals surface area contributed by atoms with Crippen molar-refractivity contribution in [2.45, 2.75) is 52.6 Å². The van der Waals surface area contributed by atoms with E-state index in [4.69, 9.17) is 0 Å². The van der Waals surface area contributed by atoms with Crippen molar-refractivity contribution in [1.82, 2.24) is 5.32 Å². The monoisotopic (exact) mass is 278 g/mol. The molecule has 0 unspecified atom stereocenters. The first-order valence-electron chi connectivity index (χ1n) is 7.78. The first-order chi connectivity index (χ1) is 9.47. The predicted molar refractivity (Wildman–Crippen MR) is 83.7 cm³/mol. The first-order valence-corrected chi connectivity index (χ1v) is 7.78. The van der Waals surface area contributed by atoms with Gasteiger partial charge in [-0.1, -0.05) is 26.8 Å². The molecule has 1 aliphatic rings. The van der Waals surface area contributed by atoms with E-state index in [9.17, 15) is 4.39 Å². The molecule has 1 fully saturated rings. The van der Waals surface area contributed by atoms with E-state index in [0.29, 0.717) is 12.0 Å². The minimum Gasteiger partial charge on any atom is -0.369 e. The third-order valence-electron chi connectivity index (χ3n) is 4.05. The fourth-order valence-electron chi connectivity index (χ4n) is 3.05. The number of benzene rings is 1. The average molecular weight is 278 g/mol. The van der Waals surface area contributed by atoms with Crippen molar-refractivity contribution in [2.24, 2.45) is 5.92 Å². The first kappa shape index (κ1) is 15.3. The molecule has 2 rings (SSSR count). The normalized spacial score (nSPS) is 21.3. The average Bonchev–Trinajstić information content (AvgIpc) is 2.37. The topological polar surface area (TPSA) is 15.3 Å². The molecule has 1 N–H and O–H groups in total. The maximum absolute atomic E-state index is 14.4. The molecule has 1 saturated heterocycles. The van der Waals surface area contributed by atoms with Crippen molar-refractivity contribution in [2.75, 3.05) is 18.0 Å². The van der Waals surface area contributed by atoms with Gasteiger partial charge in [-0.15, -0.1) is 0 Å². The van der Waals surface area contributed by atoms with Crippen molar-refractivity contribution in [3.63, 3.8) is 0 Å². The molecule has 2 nitrogen and oxygen atoms in total. The Labute approximate surface area is 122 Å². The lowest BCUT2D eigenvalue weighted by molar-refractivity contribution is 0.441. The Hall–Kier alpha value is -1.09. The lowest BCUT2D eigenvalue weighted by Crippen LogP contribution is -2.34. The zero-order chi connectivity index (χ0) is 14.7. The number of rotatable bonds is 4. The second-order valence-electron chi connectivity index (χ2n) is 6.45. The summed E-state index contributed by atoms with van der Waals surface area (Å²) in [6.45, 7) is 10.5. The van der Waals surface area contributed by atoms with E-state index in [1.54, 1.807) is 6.07 Å². The molecule has 0 amide bonds. The Kier molecular flexibility index (Phi) is 5.03. The summed E-state index contributed by atoms with van der Waals surface area (Å²) in [4.78, 5) is 2.19. The number of hydrogen-bond donors (Lipinski definition) is 1. The van der Waals surface area contributed by atoms with E-state index in [1.807, 2.05) is 6.07 Å². The van der Waals surface area contributed by atoms with Gasteiger partial charge < -0.3 is 10.2 Å². The summed E-state index contributed by atoms with van der Waals surface area (Å²) in [5.41, 5.74) is 1.78. The number of halogens is 1. The Morgan fingerprint density at radius 1 is 1.30 bits per heavy atom. The maximum Gasteiger partial charge on any atom is 0.146 e. The molecule has 1 heterocycles. The molecule has 3 heteroatoms. The van der Waals surface area contributed by atoms with Gasteiger partial charge in [0.2, 0.25) is 0 Å². The number of nitrogens with zero attached hydrogens (tertiary/aromatic N) is 1. The standard InChI is InChI=1S/C17H27FN2/c1-12(2)19-14(4)15-7-8-17(16(18)10-15)20-9-5-6-13(3)11-20/h7-8,10,12-14,19H,5-6,9,11H2,1-4H3/t13-,14-/m1/s1. The van der Waals surface area contributed by atoms with E-state index in [0.717, 1.165) is 30.8 Å². The molecule has 0 saturated carbocycles. The van der Waals surface area contributed by atoms with Crippen LogP contribution in [0.5, 0.6) is 0 Å². The number of hydrogen-bond acceptors (Lipinski definition) is 2. The second kappa shape index (κ2) is 6.57. The molecular formula is C17H27FN2. The van der Waals surface area contributed by atoms with E-state index in [2.05, 4.69) is 44.0 Å². The third kappa shape index (κ3) is 3.72. The van der Waals surface area contributed by atoms with Gasteiger partial charge in [-0.05, 0) is 43.4 Å². The molecule has 0 aliphatic carbocycles. The molecule has 2 atom stereocenters. The summed E-state index contributed by atoms with van der Waals surface area (Å²) in [7, 11) is 0. The van der Waals surface area contributed by atoms with Gasteiger partial charge >= 0.3 is 0 Å². The molecule has 1 aromatic carbocycles. The fourth-order valence-corrected chi connectivity index (χ4v) is 3.05. The number of nitrogens with one attached hydrogen (secondary N) is 1. The second-order valence-corrected chi connectivity index (χ2v) is 6.45. The largest absolute Gasteiger partial charge is 0.369 e. The van der Waals surface area contributed by atoms with Gasteiger partial charge in [0.25, 0.3) is 0 Å². The SMILES string of the molecule is CC(C)N[C@H](C)c1ccc(N2CCC[C@@H](C)C2)c(F)c1. The van der Waals surface area contributed by atoms with Crippen LogP contribution in [0.15, 0.2) is 18.2 Å². The summed E-state index contributed by atoms with van der Waals surface area (Å²) in [6.07, 6.45) is 2.42. The van der Waals surface area contributed by atoms with Crippen molar-refractivity contribution in [3.8, 4) is 0 Å². The minimum absolute atomic E-state index is 0.0889. The highest BCUT2D eigenvalue weighted by atomic mass is 19.1. The van der Waals surface area contributed by atoms with E-state index >= 15 is 0 Å². The summed E-state index contributed by atoms with van der Waals surface area (Å²) in [6, 6.07) is 6.27. The molecule has 1 aliphatic heterocycles. The minimum atomic E-state index is -0.0889. The Balaban J connectivity index is 2.13. The van der Waals surface area contributed by atoms with Gasteiger partial charge in [0.15, 0.2) is 0 Å². The highest BCUT2D eigenvalue weighted by molar-refractivity contribution is 5.50. The quantitative estimate of drug-likeness (QED) is 0.891. The van der Waals surface area contributed by atoms with Gasteiger partial charge in [0, 0.05) is 25.2 Å². The van der Waals surface area contributed by atoms with Gasteiger partial charge in [0.1, 0.15) is 5.82 Å². The Morgan fingerprint density at radius 2 is 2.05 bits per heavy atom. The zero-order valence-electron chi connectivity index (χ0n) is 13.1. The van der Waals surface area contributed by atoms with Crippen LogP contribution in [0.3, 0.4) is 0 Å². The van der Waals surface area contributed by atoms with Gasteiger partial charge in [-0.3, -0.25) is 0 Å². The Morgan fingerprint density at radius 3 is 2.65 bits per heavy atom. The van der Waals surface area contributed by atoms with Gasteiger partial charge in [-0.25, -0.2) is 4.39 Å². The van der Waals surface area contributed by atoms with Crippen LogP contribution in [-0.4, -0.2) is 19.1 Å². The summed E-state index contributed by atoms with van der Waals surface area (Å²) in [5, 5.41) is 3.41. The highest BCUT2D eigenvalue weighted by Gasteiger charge is 2.20. The lowest BCUT2D eigenvalue weighted by Gasteiger charge is -2.33. The van der Waals surface area contributed by atoms with Crippen LogP contribution in [0, 0.1) is 11.7 Å². The van der Waals surface area contributed by atoms with E-state index in [1.165, 1.54) is 6.42 Å². The Bertz CT molecular complexity index is 445. The fraction of sp³-hybridized carbons (Fsp3) is 0.647. The summed E-state index contributed by atoms with van der Waals surface area (Å²) >= 11 is 0. The van der Waals surface area contributed by atoms with Crippen LogP contribution in [0.1, 0.15) is 52.1 Å². The highest BCUT2D eigenvalue weighted by Crippen LogP contribution is 2.27.